The number of carbonyl (C=O) groups is 1. The highest BCUT2D eigenvalue weighted by molar-refractivity contribution is 5.80. The second-order valence-electron chi connectivity index (χ2n) is 10.2. The summed E-state index contributed by atoms with van der Waals surface area (Å²) >= 11 is 0. The van der Waals surface area contributed by atoms with E-state index < -0.39 is 36.5 Å². The summed E-state index contributed by atoms with van der Waals surface area (Å²) in [5.41, 5.74) is 3.01. The van der Waals surface area contributed by atoms with Crippen molar-refractivity contribution in [2.24, 2.45) is 0 Å². The monoisotopic (exact) mass is 584 g/mol. The number of unbranched alkanes of at least 4 members (excludes halogenated alkanes) is 1. The largest absolute Gasteiger partial charge is 0.456 e. The summed E-state index contributed by atoms with van der Waals surface area (Å²) in [5, 5.41) is 3.78. The Morgan fingerprint density at radius 2 is 1.76 bits per heavy atom. The molecule has 1 N–H and O–H groups in total. The first-order valence-corrected chi connectivity index (χ1v) is 13.6. The lowest BCUT2D eigenvalue weighted by molar-refractivity contribution is -0.185. The summed E-state index contributed by atoms with van der Waals surface area (Å²) in [6.45, 7) is 4.06. The van der Waals surface area contributed by atoms with Crippen molar-refractivity contribution in [1.29, 1.82) is 0 Å². The van der Waals surface area contributed by atoms with Crippen LogP contribution >= 0.6 is 0 Å². The first-order valence-electron chi connectivity index (χ1n) is 13.6. The highest BCUT2D eigenvalue weighted by atomic mass is 19.4. The number of benzene rings is 2. The molecule has 9 nitrogen and oxygen atoms in total. The van der Waals surface area contributed by atoms with Crippen LogP contribution in [0, 0.1) is 0 Å². The van der Waals surface area contributed by atoms with Crippen LogP contribution < -0.4 is 11.3 Å². The Labute approximate surface area is 239 Å². The topological polar surface area (TPSA) is 120 Å². The number of alkyl halides is 3. The Bertz CT molecular complexity index is 1650. The van der Waals surface area contributed by atoms with Crippen molar-refractivity contribution in [2.75, 3.05) is 6.61 Å². The molecule has 0 saturated heterocycles. The maximum Gasteiger partial charge on any atom is 0.439 e. The predicted octanol–water partition coefficient (Wildman–Crippen LogP) is 5.42. The summed E-state index contributed by atoms with van der Waals surface area (Å²) in [6, 6.07) is 14.8. The Morgan fingerprint density at radius 1 is 1.07 bits per heavy atom. The van der Waals surface area contributed by atoms with Gasteiger partial charge in [-0.05, 0) is 29.0 Å². The molecule has 0 spiro atoms. The van der Waals surface area contributed by atoms with Crippen LogP contribution in [0.2, 0.25) is 0 Å². The standard InChI is InChI=1S/C30H31F3N4O5/c1-4-5-10-24-34-26(18(2)3)23(15-25(38)41-17-30(31,32)33)28(39)37(24)16-19-11-13-20(14-12-19)21-8-6-7-9-22(21)27-35-29(40)42-36-27/h6-9,11-14,18H,4-5,10,15-17H2,1-3H3,(H,35,36,40). The van der Waals surface area contributed by atoms with Gasteiger partial charge in [0.25, 0.3) is 5.56 Å². The van der Waals surface area contributed by atoms with Crippen molar-refractivity contribution in [1.82, 2.24) is 19.7 Å². The number of esters is 1. The van der Waals surface area contributed by atoms with Crippen molar-refractivity contribution in [3.05, 3.63) is 92.1 Å². The molecule has 0 aliphatic rings. The van der Waals surface area contributed by atoms with E-state index >= 15 is 0 Å². The second kappa shape index (κ2) is 13.0. The number of ether oxygens (including phenoxy) is 1. The molecule has 0 fully saturated rings. The molecule has 0 radical (unpaired) electrons. The Balaban J connectivity index is 1.68. The molecular weight excluding hydrogens is 553 g/mol. The van der Waals surface area contributed by atoms with Crippen LogP contribution in [0.1, 0.15) is 62.2 Å². The fraction of sp³-hybridized carbons (Fsp3) is 0.367. The number of rotatable bonds is 11. The van der Waals surface area contributed by atoms with Gasteiger partial charge in [0.1, 0.15) is 5.82 Å². The van der Waals surface area contributed by atoms with Gasteiger partial charge < -0.3 is 4.74 Å². The predicted molar refractivity (Wildman–Crippen MR) is 149 cm³/mol. The number of H-pyrrole nitrogens is 1. The van der Waals surface area contributed by atoms with Crippen molar-refractivity contribution in [2.45, 2.75) is 65.1 Å². The van der Waals surface area contributed by atoms with Gasteiger partial charge in [-0.2, -0.15) is 13.2 Å². The van der Waals surface area contributed by atoms with E-state index in [1.165, 1.54) is 4.57 Å². The van der Waals surface area contributed by atoms with E-state index in [0.29, 0.717) is 29.3 Å². The molecule has 222 valence electrons. The number of nitrogens with one attached hydrogen (secondary N) is 1. The van der Waals surface area contributed by atoms with E-state index in [-0.39, 0.29) is 18.0 Å². The van der Waals surface area contributed by atoms with Crippen molar-refractivity contribution >= 4 is 5.97 Å². The van der Waals surface area contributed by atoms with Gasteiger partial charge in [0.2, 0.25) is 0 Å². The van der Waals surface area contributed by atoms with Gasteiger partial charge in [-0.15, -0.1) is 0 Å². The van der Waals surface area contributed by atoms with Crippen LogP contribution in [0.5, 0.6) is 0 Å². The molecular formula is C30H31F3N4O5. The Morgan fingerprint density at radius 3 is 2.36 bits per heavy atom. The van der Waals surface area contributed by atoms with Gasteiger partial charge in [0.05, 0.1) is 24.2 Å². The minimum Gasteiger partial charge on any atom is -0.456 e. The van der Waals surface area contributed by atoms with Crippen molar-refractivity contribution in [3.63, 3.8) is 0 Å². The Hall–Kier alpha value is -4.48. The molecule has 0 aliphatic heterocycles. The van der Waals surface area contributed by atoms with Crippen LogP contribution in [0.25, 0.3) is 22.5 Å². The molecule has 0 saturated carbocycles. The average molecular weight is 585 g/mol. The number of aromatic amines is 1. The van der Waals surface area contributed by atoms with Crippen LogP contribution in [0.4, 0.5) is 13.2 Å². The highest BCUT2D eigenvalue weighted by Crippen LogP contribution is 2.30. The van der Waals surface area contributed by atoms with Gasteiger partial charge in [0.15, 0.2) is 12.4 Å². The molecule has 12 heteroatoms. The first kappa shape index (κ1) is 30.5. The molecule has 4 aromatic rings. The lowest BCUT2D eigenvalue weighted by atomic mass is 9.98. The van der Waals surface area contributed by atoms with Gasteiger partial charge in [-0.25, -0.2) is 9.78 Å². The molecule has 42 heavy (non-hydrogen) atoms. The number of aromatic nitrogens is 4. The minimum atomic E-state index is -4.67. The molecule has 2 aromatic heterocycles. The number of hydrogen-bond acceptors (Lipinski definition) is 7. The smallest absolute Gasteiger partial charge is 0.439 e. The van der Waals surface area contributed by atoms with Crippen LogP contribution in [0.3, 0.4) is 0 Å². The van der Waals surface area contributed by atoms with E-state index in [1.807, 2.05) is 63.2 Å². The zero-order valence-corrected chi connectivity index (χ0v) is 23.5. The molecule has 2 aromatic carbocycles. The Kier molecular flexibility index (Phi) is 9.44. The SMILES string of the molecule is CCCCc1nc(C(C)C)c(CC(=O)OCC(F)(F)F)c(=O)n1Cc1ccc(-c2ccccc2-c2noc(=O)[nH]2)cc1. The number of carbonyl (C=O) groups excluding carboxylic acids is 1. The van der Waals surface area contributed by atoms with Gasteiger partial charge in [0, 0.05) is 12.0 Å². The summed E-state index contributed by atoms with van der Waals surface area (Å²) in [4.78, 5) is 44.8. The lowest BCUT2D eigenvalue weighted by Gasteiger charge is -2.19. The van der Waals surface area contributed by atoms with E-state index in [4.69, 9.17) is 4.98 Å². The molecule has 4 rings (SSSR count). The third-order valence-electron chi connectivity index (χ3n) is 6.62. The zero-order chi connectivity index (χ0) is 30.4. The third kappa shape index (κ3) is 7.42. The molecule has 0 bridgehead atoms. The summed E-state index contributed by atoms with van der Waals surface area (Å²) in [7, 11) is 0. The normalized spacial score (nSPS) is 11.7. The summed E-state index contributed by atoms with van der Waals surface area (Å²) in [6.07, 6.45) is -3.12. The van der Waals surface area contributed by atoms with Crippen molar-refractivity contribution < 1.29 is 27.2 Å². The second-order valence-corrected chi connectivity index (χ2v) is 10.2. The summed E-state index contributed by atoms with van der Waals surface area (Å²) < 4.78 is 48.3. The number of hydrogen-bond donors (Lipinski definition) is 1. The van der Waals surface area contributed by atoms with E-state index in [2.05, 4.69) is 19.4 Å². The van der Waals surface area contributed by atoms with Gasteiger partial charge in [-0.1, -0.05) is 80.9 Å². The summed E-state index contributed by atoms with van der Waals surface area (Å²) in [5.74, 6) is -1.20. The average Bonchev–Trinajstić information content (AvgIpc) is 3.39. The fourth-order valence-corrected chi connectivity index (χ4v) is 4.61. The minimum absolute atomic E-state index is 0.0320. The van der Waals surface area contributed by atoms with Crippen LogP contribution in [-0.4, -0.2) is 38.4 Å². The maximum absolute atomic E-state index is 13.8. The highest BCUT2D eigenvalue weighted by Gasteiger charge is 2.30. The molecule has 0 aliphatic carbocycles. The van der Waals surface area contributed by atoms with Crippen LogP contribution in [0.15, 0.2) is 62.6 Å². The number of aryl methyl sites for hydroxylation is 1. The van der Waals surface area contributed by atoms with Gasteiger partial charge in [-0.3, -0.25) is 23.7 Å². The van der Waals surface area contributed by atoms with E-state index in [9.17, 15) is 27.6 Å². The molecule has 0 unspecified atom stereocenters. The number of nitrogens with zero attached hydrogens (tertiary/aromatic N) is 3. The van der Waals surface area contributed by atoms with Crippen molar-refractivity contribution in [3.8, 4) is 22.5 Å². The van der Waals surface area contributed by atoms with E-state index in [0.717, 1.165) is 29.5 Å². The number of halogens is 3. The lowest BCUT2D eigenvalue weighted by Crippen LogP contribution is -2.33. The molecule has 2 heterocycles. The molecule has 0 atom stereocenters. The maximum atomic E-state index is 13.8. The fourth-order valence-electron chi connectivity index (χ4n) is 4.61. The molecule has 0 amide bonds. The van der Waals surface area contributed by atoms with Crippen LogP contribution in [-0.2, 0) is 28.9 Å². The quantitative estimate of drug-likeness (QED) is 0.234. The van der Waals surface area contributed by atoms with Gasteiger partial charge >= 0.3 is 17.9 Å². The third-order valence-corrected chi connectivity index (χ3v) is 6.62. The first-order chi connectivity index (χ1) is 20.0. The van der Waals surface area contributed by atoms with E-state index in [1.54, 1.807) is 6.07 Å². The zero-order valence-electron chi connectivity index (χ0n) is 23.5.